The Morgan fingerprint density at radius 3 is 3.07 bits per heavy atom. The Morgan fingerprint density at radius 2 is 2.33 bits per heavy atom. The van der Waals surface area contributed by atoms with E-state index in [4.69, 9.17) is 10.7 Å². The van der Waals surface area contributed by atoms with E-state index in [0.717, 1.165) is 23.9 Å². The fourth-order valence-electron chi connectivity index (χ4n) is 1.86. The molecule has 0 unspecified atom stereocenters. The average Bonchev–Trinajstić information content (AvgIpc) is 2.89. The van der Waals surface area contributed by atoms with Crippen LogP contribution in [0.2, 0.25) is 0 Å². The minimum absolute atomic E-state index is 0.0644. The summed E-state index contributed by atoms with van der Waals surface area (Å²) < 4.78 is 0. The van der Waals surface area contributed by atoms with E-state index in [9.17, 15) is 0 Å². The highest BCUT2D eigenvalue weighted by Gasteiger charge is 2.45. The third kappa shape index (κ3) is 1.30. The molecule has 1 saturated carbocycles. The van der Waals surface area contributed by atoms with E-state index in [1.807, 2.05) is 12.3 Å². The summed E-state index contributed by atoms with van der Waals surface area (Å²) >= 11 is 0. The molecule has 0 bridgehead atoms. The lowest BCUT2D eigenvalue weighted by Gasteiger charge is -2.12. The standard InChI is InChI=1S/C9H11N5O/c10-15-5-9(1-2-9)6-3-7-8(11-4-6)13-14-12-7/h3-4H,1-2,5,10H2,(H,11,12,13,14). The van der Waals surface area contributed by atoms with Crippen LogP contribution >= 0.6 is 0 Å². The van der Waals surface area contributed by atoms with Gasteiger partial charge in [0.05, 0.1) is 6.61 Å². The highest BCUT2D eigenvalue weighted by molar-refractivity contribution is 5.69. The number of H-pyrrole nitrogens is 1. The van der Waals surface area contributed by atoms with Crippen LogP contribution in [0.1, 0.15) is 18.4 Å². The molecule has 3 rings (SSSR count). The van der Waals surface area contributed by atoms with Gasteiger partial charge in [0, 0.05) is 11.6 Å². The van der Waals surface area contributed by atoms with Gasteiger partial charge in [-0.3, -0.25) is 0 Å². The summed E-state index contributed by atoms with van der Waals surface area (Å²) in [6.07, 6.45) is 4.02. The molecule has 6 nitrogen and oxygen atoms in total. The van der Waals surface area contributed by atoms with Gasteiger partial charge in [0.25, 0.3) is 0 Å². The largest absolute Gasteiger partial charge is 0.304 e. The zero-order valence-corrected chi connectivity index (χ0v) is 8.10. The van der Waals surface area contributed by atoms with E-state index in [1.54, 1.807) is 0 Å². The van der Waals surface area contributed by atoms with Crippen molar-refractivity contribution in [3.05, 3.63) is 17.8 Å². The predicted molar refractivity (Wildman–Crippen MR) is 52.7 cm³/mol. The Hall–Kier alpha value is -1.53. The first-order valence-electron chi connectivity index (χ1n) is 4.83. The van der Waals surface area contributed by atoms with Crippen LogP contribution in [-0.2, 0) is 10.3 Å². The first-order chi connectivity index (χ1) is 7.34. The second-order valence-electron chi connectivity index (χ2n) is 3.98. The van der Waals surface area contributed by atoms with Crippen LogP contribution in [0.25, 0.3) is 11.2 Å². The highest BCUT2D eigenvalue weighted by Crippen LogP contribution is 2.48. The van der Waals surface area contributed by atoms with Gasteiger partial charge in [-0.15, -0.1) is 5.10 Å². The van der Waals surface area contributed by atoms with Gasteiger partial charge in [-0.25, -0.2) is 10.9 Å². The number of nitrogens with one attached hydrogen (secondary N) is 1. The Kier molecular flexibility index (Phi) is 1.74. The monoisotopic (exact) mass is 205 g/mol. The summed E-state index contributed by atoms with van der Waals surface area (Å²) in [5.74, 6) is 5.13. The third-order valence-corrected chi connectivity index (χ3v) is 3.00. The smallest absolute Gasteiger partial charge is 0.201 e. The summed E-state index contributed by atoms with van der Waals surface area (Å²) in [5, 5.41) is 10.5. The topological polar surface area (TPSA) is 89.7 Å². The molecule has 1 fully saturated rings. The third-order valence-electron chi connectivity index (χ3n) is 3.00. The molecule has 0 saturated heterocycles. The number of rotatable bonds is 3. The van der Waals surface area contributed by atoms with E-state index >= 15 is 0 Å². The molecule has 0 radical (unpaired) electrons. The van der Waals surface area contributed by atoms with Crippen molar-refractivity contribution in [2.45, 2.75) is 18.3 Å². The summed E-state index contributed by atoms with van der Waals surface area (Å²) in [7, 11) is 0. The van der Waals surface area contributed by atoms with Gasteiger partial charge in [0.1, 0.15) is 5.52 Å². The molecule has 78 valence electrons. The number of aromatic nitrogens is 4. The molecule has 0 aliphatic heterocycles. The van der Waals surface area contributed by atoms with Gasteiger partial charge in [0.2, 0.25) is 5.65 Å². The number of pyridine rings is 1. The SMILES string of the molecule is NOCC1(c2cnc3n[nH]nc3c2)CC1. The van der Waals surface area contributed by atoms with Crippen molar-refractivity contribution in [1.82, 2.24) is 20.4 Å². The van der Waals surface area contributed by atoms with Crippen LogP contribution in [0, 0.1) is 0 Å². The van der Waals surface area contributed by atoms with Crippen molar-refractivity contribution in [2.75, 3.05) is 6.61 Å². The van der Waals surface area contributed by atoms with Gasteiger partial charge in [-0.1, -0.05) is 0 Å². The van der Waals surface area contributed by atoms with Crippen molar-refractivity contribution in [1.29, 1.82) is 0 Å². The molecule has 0 spiro atoms. The molecule has 1 aliphatic carbocycles. The summed E-state index contributed by atoms with van der Waals surface area (Å²) in [6, 6.07) is 2.00. The van der Waals surface area contributed by atoms with E-state index in [-0.39, 0.29) is 5.41 Å². The molecular formula is C9H11N5O. The normalized spacial score (nSPS) is 18.2. The molecule has 2 aromatic rings. The van der Waals surface area contributed by atoms with Crippen LogP contribution in [0.4, 0.5) is 0 Å². The van der Waals surface area contributed by atoms with Gasteiger partial charge < -0.3 is 4.84 Å². The quantitative estimate of drug-likeness (QED) is 0.702. The molecular weight excluding hydrogens is 194 g/mol. The molecule has 0 amide bonds. The van der Waals surface area contributed by atoms with Crippen LogP contribution in [0.15, 0.2) is 12.3 Å². The predicted octanol–water partition coefficient (Wildman–Crippen LogP) is 0.275. The van der Waals surface area contributed by atoms with Crippen LogP contribution < -0.4 is 5.90 Å². The van der Waals surface area contributed by atoms with Crippen molar-refractivity contribution in [2.24, 2.45) is 5.90 Å². The second kappa shape index (κ2) is 2.98. The van der Waals surface area contributed by atoms with E-state index < -0.39 is 0 Å². The molecule has 3 N–H and O–H groups in total. The zero-order valence-electron chi connectivity index (χ0n) is 8.10. The van der Waals surface area contributed by atoms with Crippen molar-refractivity contribution < 1.29 is 4.84 Å². The fraction of sp³-hybridized carbons (Fsp3) is 0.444. The van der Waals surface area contributed by atoms with E-state index in [1.165, 1.54) is 0 Å². The number of aromatic amines is 1. The van der Waals surface area contributed by atoms with Crippen molar-refractivity contribution in [3.8, 4) is 0 Å². The number of fused-ring (bicyclic) bond motifs is 1. The van der Waals surface area contributed by atoms with Crippen molar-refractivity contribution >= 4 is 11.2 Å². The summed E-state index contributed by atoms with van der Waals surface area (Å²) in [6.45, 7) is 0.540. The minimum atomic E-state index is 0.0644. The first kappa shape index (κ1) is 8.75. The Morgan fingerprint density at radius 1 is 1.47 bits per heavy atom. The molecule has 2 heterocycles. The molecule has 0 aromatic carbocycles. The van der Waals surface area contributed by atoms with E-state index in [2.05, 4.69) is 20.4 Å². The second-order valence-corrected chi connectivity index (χ2v) is 3.98. The van der Waals surface area contributed by atoms with Crippen LogP contribution in [0.3, 0.4) is 0 Å². The zero-order chi connectivity index (χ0) is 10.3. The summed E-state index contributed by atoms with van der Waals surface area (Å²) in [5.41, 5.74) is 2.63. The van der Waals surface area contributed by atoms with E-state index in [0.29, 0.717) is 12.3 Å². The first-order valence-corrected chi connectivity index (χ1v) is 4.83. The maximum Gasteiger partial charge on any atom is 0.201 e. The Balaban J connectivity index is 2.04. The van der Waals surface area contributed by atoms with Gasteiger partial charge in [-0.05, 0) is 24.5 Å². The van der Waals surface area contributed by atoms with Gasteiger partial charge >= 0.3 is 0 Å². The lowest BCUT2D eigenvalue weighted by molar-refractivity contribution is 0.116. The van der Waals surface area contributed by atoms with Gasteiger partial charge in [0.15, 0.2) is 0 Å². The van der Waals surface area contributed by atoms with Gasteiger partial charge in [-0.2, -0.15) is 10.3 Å². The Labute approximate surface area is 85.8 Å². The molecule has 15 heavy (non-hydrogen) atoms. The van der Waals surface area contributed by atoms with Crippen LogP contribution in [0.5, 0.6) is 0 Å². The molecule has 6 heteroatoms. The number of hydrogen-bond acceptors (Lipinski definition) is 5. The molecule has 1 aliphatic rings. The highest BCUT2D eigenvalue weighted by atomic mass is 16.6. The summed E-state index contributed by atoms with van der Waals surface area (Å²) in [4.78, 5) is 8.97. The maximum absolute atomic E-state index is 5.13. The average molecular weight is 205 g/mol. The lowest BCUT2D eigenvalue weighted by atomic mass is 9.99. The Bertz CT molecular complexity index is 490. The lowest BCUT2D eigenvalue weighted by Crippen LogP contribution is -2.18. The number of hydrogen-bond donors (Lipinski definition) is 2. The van der Waals surface area contributed by atoms with Crippen molar-refractivity contribution in [3.63, 3.8) is 0 Å². The maximum atomic E-state index is 5.13. The van der Waals surface area contributed by atoms with Crippen LogP contribution in [-0.4, -0.2) is 27.0 Å². The molecule has 2 aromatic heterocycles. The fourth-order valence-corrected chi connectivity index (χ4v) is 1.86. The molecule has 0 atom stereocenters. The minimum Gasteiger partial charge on any atom is -0.304 e. The number of nitrogens with two attached hydrogens (primary N) is 1. The number of nitrogens with zero attached hydrogens (tertiary/aromatic N) is 3.